The second-order valence-corrected chi connectivity index (χ2v) is 9.93. The third-order valence-corrected chi connectivity index (χ3v) is 7.08. The molecule has 1 aliphatic heterocycles. The lowest BCUT2D eigenvalue weighted by Crippen LogP contribution is -2.45. The first kappa shape index (κ1) is 19.4. The van der Waals surface area contributed by atoms with Gasteiger partial charge in [-0.25, -0.2) is 13.4 Å². The Bertz CT molecular complexity index is 715. The van der Waals surface area contributed by atoms with E-state index < -0.39 is 9.84 Å². The van der Waals surface area contributed by atoms with Gasteiger partial charge in [-0.2, -0.15) is 0 Å². The number of aromatic nitrogens is 1. The largest absolute Gasteiger partial charge is 0.356 e. The van der Waals surface area contributed by atoms with Crippen LogP contribution in [-0.4, -0.2) is 43.5 Å². The van der Waals surface area contributed by atoms with Gasteiger partial charge in [0.25, 0.3) is 0 Å². The molecule has 8 heteroatoms. The Morgan fingerprint density at radius 3 is 2.69 bits per heavy atom. The van der Waals surface area contributed by atoms with E-state index in [0.29, 0.717) is 29.9 Å². The van der Waals surface area contributed by atoms with Gasteiger partial charge in [0.2, 0.25) is 0 Å². The molecule has 2 aliphatic rings. The molecule has 1 aromatic rings. The standard InChI is InChI=1S/C18H27ClN4O2S/c19-15-6-7-17(20-11-15)12-22-18(23-16-4-2-1-3-5-16)21-10-14-8-9-26(24,25)13-14/h6-7,11,14,16H,1-5,8-10,12-13H2,(H2,21,22,23). The molecule has 0 aromatic carbocycles. The highest BCUT2D eigenvalue weighted by atomic mass is 35.5. The maximum atomic E-state index is 11.6. The van der Waals surface area contributed by atoms with Gasteiger partial charge in [0.15, 0.2) is 15.8 Å². The average Bonchev–Trinajstić information content (AvgIpc) is 2.98. The van der Waals surface area contributed by atoms with Crippen LogP contribution in [0.25, 0.3) is 0 Å². The van der Waals surface area contributed by atoms with Crippen LogP contribution in [0.2, 0.25) is 5.02 Å². The molecule has 144 valence electrons. The minimum absolute atomic E-state index is 0.159. The van der Waals surface area contributed by atoms with Crippen molar-refractivity contribution in [1.29, 1.82) is 0 Å². The summed E-state index contributed by atoms with van der Waals surface area (Å²) in [5, 5.41) is 7.48. The second-order valence-electron chi connectivity index (χ2n) is 7.26. The molecule has 0 bridgehead atoms. The van der Waals surface area contributed by atoms with E-state index in [4.69, 9.17) is 11.6 Å². The zero-order valence-corrected chi connectivity index (χ0v) is 16.5. The van der Waals surface area contributed by atoms with E-state index in [1.54, 1.807) is 6.20 Å². The van der Waals surface area contributed by atoms with Gasteiger partial charge in [-0.1, -0.05) is 30.9 Å². The molecular weight excluding hydrogens is 372 g/mol. The Morgan fingerprint density at radius 2 is 2.04 bits per heavy atom. The molecule has 1 aliphatic carbocycles. The van der Waals surface area contributed by atoms with E-state index in [2.05, 4.69) is 20.6 Å². The van der Waals surface area contributed by atoms with Gasteiger partial charge in [0.1, 0.15) is 0 Å². The zero-order chi connectivity index (χ0) is 18.4. The maximum Gasteiger partial charge on any atom is 0.191 e. The third kappa shape index (κ3) is 6.13. The minimum atomic E-state index is -2.85. The van der Waals surface area contributed by atoms with Gasteiger partial charge in [-0.15, -0.1) is 0 Å². The molecule has 1 unspecified atom stereocenters. The van der Waals surface area contributed by atoms with Crippen LogP contribution in [-0.2, 0) is 16.4 Å². The Morgan fingerprint density at radius 1 is 1.23 bits per heavy atom. The number of nitrogens with one attached hydrogen (secondary N) is 2. The lowest BCUT2D eigenvalue weighted by Gasteiger charge is -2.25. The van der Waals surface area contributed by atoms with Crippen LogP contribution in [0.1, 0.15) is 44.2 Å². The van der Waals surface area contributed by atoms with Crippen molar-refractivity contribution >= 4 is 27.4 Å². The molecule has 1 atom stereocenters. The third-order valence-electron chi connectivity index (χ3n) is 5.02. The smallest absolute Gasteiger partial charge is 0.191 e. The number of halogens is 1. The van der Waals surface area contributed by atoms with E-state index in [-0.39, 0.29) is 11.7 Å². The van der Waals surface area contributed by atoms with Crippen molar-refractivity contribution in [3.8, 4) is 0 Å². The quantitative estimate of drug-likeness (QED) is 0.588. The number of aliphatic imine (C=N–C) groups is 1. The molecule has 0 spiro atoms. The fraction of sp³-hybridized carbons (Fsp3) is 0.667. The summed E-state index contributed by atoms with van der Waals surface area (Å²) in [7, 11) is -2.85. The Kier molecular flexibility index (Phi) is 6.75. The van der Waals surface area contributed by atoms with E-state index in [0.717, 1.165) is 30.9 Å². The van der Waals surface area contributed by atoms with Crippen LogP contribution >= 0.6 is 11.6 Å². The number of nitrogens with zero attached hydrogens (tertiary/aromatic N) is 2. The van der Waals surface area contributed by atoms with E-state index in [1.165, 1.54) is 19.3 Å². The summed E-state index contributed by atoms with van der Waals surface area (Å²) in [4.78, 5) is 8.93. The van der Waals surface area contributed by atoms with Crippen LogP contribution in [0.15, 0.2) is 23.3 Å². The first-order valence-corrected chi connectivity index (χ1v) is 11.6. The summed E-state index contributed by atoms with van der Waals surface area (Å²) in [5.74, 6) is 1.48. The second kappa shape index (κ2) is 9.04. The van der Waals surface area contributed by atoms with Gasteiger partial charge < -0.3 is 10.6 Å². The number of hydrogen-bond donors (Lipinski definition) is 2. The number of rotatable bonds is 5. The molecule has 3 rings (SSSR count). The molecule has 26 heavy (non-hydrogen) atoms. The van der Waals surface area contributed by atoms with Crippen molar-refractivity contribution in [2.75, 3.05) is 18.1 Å². The summed E-state index contributed by atoms with van der Waals surface area (Å²) in [6.07, 6.45) is 8.43. The molecule has 6 nitrogen and oxygen atoms in total. The number of sulfone groups is 1. The predicted molar refractivity (Wildman–Crippen MR) is 105 cm³/mol. The molecular formula is C18H27ClN4O2S. The fourth-order valence-electron chi connectivity index (χ4n) is 3.53. The number of pyridine rings is 1. The van der Waals surface area contributed by atoms with Crippen molar-refractivity contribution in [3.05, 3.63) is 29.0 Å². The summed E-state index contributed by atoms with van der Waals surface area (Å²) in [6, 6.07) is 4.11. The topological polar surface area (TPSA) is 83.5 Å². The van der Waals surface area contributed by atoms with Gasteiger partial charge in [0, 0.05) is 18.8 Å². The van der Waals surface area contributed by atoms with Gasteiger partial charge >= 0.3 is 0 Å². The van der Waals surface area contributed by atoms with Crippen LogP contribution in [0, 0.1) is 5.92 Å². The first-order chi connectivity index (χ1) is 12.5. The molecule has 2 N–H and O–H groups in total. The Hall–Kier alpha value is -1.34. The minimum Gasteiger partial charge on any atom is -0.356 e. The van der Waals surface area contributed by atoms with E-state index >= 15 is 0 Å². The summed E-state index contributed by atoms with van der Waals surface area (Å²) < 4.78 is 23.3. The van der Waals surface area contributed by atoms with Crippen LogP contribution in [0.3, 0.4) is 0 Å². The van der Waals surface area contributed by atoms with Crippen molar-refractivity contribution in [3.63, 3.8) is 0 Å². The van der Waals surface area contributed by atoms with Crippen molar-refractivity contribution < 1.29 is 8.42 Å². The monoisotopic (exact) mass is 398 g/mol. The Labute approximate surface area is 160 Å². The lowest BCUT2D eigenvalue weighted by molar-refractivity contribution is 0.408. The lowest BCUT2D eigenvalue weighted by atomic mass is 9.96. The number of hydrogen-bond acceptors (Lipinski definition) is 4. The van der Waals surface area contributed by atoms with Crippen molar-refractivity contribution in [2.24, 2.45) is 10.9 Å². The van der Waals surface area contributed by atoms with E-state index in [9.17, 15) is 8.42 Å². The molecule has 0 radical (unpaired) electrons. The predicted octanol–water partition coefficient (Wildman–Crippen LogP) is 2.54. The normalized spacial score (nSPS) is 23.7. The highest BCUT2D eigenvalue weighted by molar-refractivity contribution is 7.91. The van der Waals surface area contributed by atoms with Crippen molar-refractivity contribution in [1.82, 2.24) is 15.6 Å². The average molecular weight is 399 g/mol. The highest BCUT2D eigenvalue weighted by Crippen LogP contribution is 2.19. The molecule has 1 saturated carbocycles. The highest BCUT2D eigenvalue weighted by Gasteiger charge is 2.28. The van der Waals surface area contributed by atoms with E-state index in [1.807, 2.05) is 12.1 Å². The van der Waals surface area contributed by atoms with Gasteiger partial charge in [-0.3, -0.25) is 4.98 Å². The summed E-state index contributed by atoms with van der Waals surface area (Å²) in [6.45, 7) is 1.09. The maximum absolute atomic E-state index is 11.6. The summed E-state index contributed by atoms with van der Waals surface area (Å²) >= 11 is 5.88. The fourth-order valence-corrected chi connectivity index (χ4v) is 5.50. The van der Waals surface area contributed by atoms with Gasteiger partial charge in [-0.05, 0) is 37.3 Å². The number of guanidine groups is 1. The molecule has 2 heterocycles. The van der Waals surface area contributed by atoms with Crippen LogP contribution in [0.4, 0.5) is 0 Å². The van der Waals surface area contributed by atoms with Crippen LogP contribution < -0.4 is 10.6 Å². The zero-order valence-electron chi connectivity index (χ0n) is 15.0. The van der Waals surface area contributed by atoms with Crippen LogP contribution in [0.5, 0.6) is 0 Å². The SMILES string of the molecule is O=S1(=O)CCC(CNC(=NCc2ccc(Cl)cn2)NC2CCCCC2)C1. The van der Waals surface area contributed by atoms with Gasteiger partial charge in [0.05, 0.1) is 28.8 Å². The van der Waals surface area contributed by atoms with Crippen molar-refractivity contribution in [2.45, 2.75) is 51.1 Å². The summed E-state index contributed by atoms with van der Waals surface area (Å²) in [5.41, 5.74) is 0.850. The Balaban J connectivity index is 1.60. The molecule has 0 amide bonds. The molecule has 1 aromatic heterocycles. The molecule has 2 fully saturated rings. The first-order valence-electron chi connectivity index (χ1n) is 9.36. The molecule has 1 saturated heterocycles.